The maximum atomic E-state index is 12.0. The quantitative estimate of drug-likeness (QED) is 0.104. The Balaban J connectivity index is 1.33. The van der Waals surface area contributed by atoms with Crippen molar-refractivity contribution in [1.29, 1.82) is 0 Å². The largest absolute Gasteiger partial charge is 0.744 e. The van der Waals surface area contributed by atoms with Crippen LogP contribution in [0.2, 0.25) is 0 Å². The number of hydrogen-bond acceptors (Lipinski definition) is 12. The fourth-order valence-electron chi connectivity index (χ4n) is 8.58. The predicted octanol–water partition coefficient (Wildman–Crippen LogP) is 10.6. The lowest BCUT2D eigenvalue weighted by molar-refractivity contribution is 0.461. The fraction of sp³-hybridized carbons (Fsp3) is 0. The third kappa shape index (κ3) is 9.76. The molecule has 0 amide bonds. The van der Waals surface area contributed by atoms with E-state index in [0.29, 0.717) is 77.9 Å². The molecule has 0 saturated heterocycles. The van der Waals surface area contributed by atoms with Gasteiger partial charge in [-0.1, -0.05) is 158 Å². The van der Waals surface area contributed by atoms with E-state index in [4.69, 9.17) is 0 Å². The van der Waals surface area contributed by atoms with Gasteiger partial charge in [0.15, 0.2) is 0 Å². The molecule has 0 saturated carbocycles. The first-order chi connectivity index (χ1) is 33.3. The average Bonchev–Trinajstić information content (AvgIpc) is 3.35. The van der Waals surface area contributed by atoms with Crippen molar-refractivity contribution in [3.05, 3.63) is 206 Å². The van der Waals surface area contributed by atoms with E-state index in [9.17, 15) is 51.9 Å². The zero-order valence-corrected chi connectivity index (χ0v) is 39.4. The minimum Gasteiger partial charge on any atom is -0.744 e. The summed E-state index contributed by atoms with van der Waals surface area (Å²) in [7, 11) is -19.1. The molecule has 0 fully saturated rings. The van der Waals surface area contributed by atoms with Crippen LogP contribution >= 0.6 is 0 Å². The molecule has 9 aromatic rings. The lowest BCUT2D eigenvalue weighted by Crippen LogP contribution is -2.00. The molecule has 12 nitrogen and oxygen atoms in total. The molecule has 9 aromatic carbocycles. The van der Waals surface area contributed by atoms with Crippen LogP contribution in [0.4, 0.5) is 0 Å². The van der Waals surface area contributed by atoms with Gasteiger partial charge in [0.25, 0.3) is 0 Å². The maximum Gasteiger partial charge on any atom is 0.124 e. The molecule has 0 atom stereocenters. The molecule has 0 aliphatic heterocycles. The summed E-state index contributed by atoms with van der Waals surface area (Å²) in [6, 6.07) is 55.8. The van der Waals surface area contributed by atoms with Crippen LogP contribution in [0.25, 0.3) is 89.0 Å². The van der Waals surface area contributed by atoms with Crippen LogP contribution < -0.4 is 0 Å². The normalized spacial score (nSPS) is 12.2. The lowest BCUT2D eigenvalue weighted by atomic mass is 9.81. The summed E-state index contributed by atoms with van der Waals surface area (Å²) in [4.78, 5) is -1.65. The first-order valence-electron chi connectivity index (χ1n) is 21.1. The molecule has 0 heterocycles. The summed E-state index contributed by atoms with van der Waals surface area (Å²) in [5, 5.41) is 0. The number of hydrogen-bond donors (Lipinski definition) is 0. The van der Waals surface area contributed by atoms with E-state index in [0.717, 1.165) is 11.1 Å². The summed E-state index contributed by atoms with van der Waals surface area (Å²) >= 11 is 0. The molecule has 0 N–H and O–H groups in total. The van der Waals surface area contributed by atoms with Crippen LogP contribution in [0.15, 0.2) is 226 Å². The van der Waals surface area contributed by atoms with Crippen LogP contribution in [0.3, 0.4) is 0 Å². The molecule has 0 spiro atoms. The Morgan fingerprint density at radius 3 is 0.557 bits per heavy atom. The molecule has 0 aromatic heterocycles. The summed E-state index contributed by atoms with van der Waals surface area (Å²) in [6.45, 7) is 0. The highest BCUT2D eigenvalue weighted by atomic mass is 32.2. The Bertz CT molecular complexity index is 3640. The van der Waals surface area contributed by atoms with Gasteiger partial charge in [-0.15, -0.1) is 0 Å². The van der Waals surface area contributed by atoms with Crippen molar-refractivity contribution in [1.82, 2.24) is 0 Å². The number of benzene rings is 9. The van der Waals surface area contributed by atoms with E-state index in [1.807, 2.05) is 109 Å². The van der Waals surface area contributed by atoms with E-state index in [-0.39, 0.29) is 0 Å². The Morgan fingerprint density at radius 2 is 0.371 bits per heavy atom. The van der Waals surface area contributed by atoms with Gasteiger partial charge in [0.05, 0.1) is 19.6 Å². The molecular weight excluding hydrogens is 969 g/mol. The van der Waals surface area contributed by atoms with Gasteiger partial charge in [-0.25, -0.2) is 33.7 Å². The fourth-order valence-corrected chi connectivity index (χ4v) is 10.5. The van der Waals surface area contributed by atoms with Crippen molar-refractivity contribution in [2.75, 3.05) is 0 Å². The third-order valence-corrected chi connectivity index (χ3v) is 15.2. The summed E-state index contributed by atoms with van der Waals surface area (Å²) in [5.74, 6) is 0. The smallest absolute Gasteiger partial charge is 0.124 e. The van der Waals surface area contributed by atoms with E-state index >= 15 is 0 Å². The van der Waals surface area contributed by atoms with Crippen molar-refractivity contribution in [3.8, 4) is 89.0 Å². The molecule has 350 valence electrons. The van der Waals surface area contributed by atoms with Gasteiger partial charge < -0.3 is 18.2 Å². The predicted molar refractivity (Wildman–Crippen MR) is 262 cm³/mol. The molecule has 0 aliphatic carbocycles. The minimum atomic E-state index is -4.78. The van der Waals surface area contributed by atoms with E-state index in [1.165, 1.54) is 72.8 Å². The Kier molecular flexibility index (Phi) is 12.6. The highest BCUT2D eigenvalue weighted by molar-refractivity contribution is 7.86. The van der Waals surface area contributed by atoms with Gasteiger partial charge in [-0.2, -0.15) is 0 Å². The van der Waals surface area contributed by atoms with Crippen LogP contribution in [-0.2, 0) is 40.5 Å². The summed E-state index contributed by atoms with van der Waals surface area (Å²) in [6.07, 6.45) is 0. The Labute approximate surface area is 404 Å². The molecule has 0 bridgehead atoms. The SMILES string of the molecule is O=S(=O)([O-])c1ccc(-c2ccc(-c3ccc(S(=O)(=O)[O-])cc3)c(-c3ccc(-c4c(-c5ccc(S(=O)(=O)[O-])cc5)ccc(-c5ccc(S(=O)(=O)[O-])cc5)c4-c4ccccc4)cc3)c2-c2ccccc2)cc1. The second-order valence-corrected chi connectivity index (χ2v) is 21.6. The monoisotopic (exact) mass is 1000 g/mol. The second kappa shape index (κ2) is 18.5. The third-order valence-electron chi connectivity index (χ3n) is 11.8. The minimum absolute atomic E-state index is 0.407. The van der Waals surface area contributed by atoms with Crippen molar-refractivity contribution >= 4 is 40.5 Å². The van der Waals surface area contributed by atoms with E-state index in [2.05, 4.69) is 0 Å². The first kappa shape index (κ1) is 47.7. The van der Waals surface area contributed by atoms with Crippen LogP contribution in [0.1, 0.15) is 0 Å². The van der Waals surface area contributed by atoms with E-state index in [1.54, 1.807) is 24.3 Å². The summed E-state index contributed by atoms with van der Waals surface area (Å²) in [5.41, 5.74) is 10.4. The van der Waals surface area contributed by atoms with Crippen molar-refractivity contribution in [2.24, 2.45) is 0 Å². The van der Waals surface area contributed by atoms with Gasteiger partial charge in [-0.3, -0.25) is 0 Å². The molecule has 0 unspecified atom stereocenters. The molecule has 9 rings (SSSR count). The zero-order chi connectivity index (χ0) is 49.6. The van der Waals surface area contributed by atoms with E-state index < -0.39 is 60.1 Å². The van der Waals surface area contributed by atoms with Crippen LogP contribution in [0, 0.1) is 0 Å². The van der Waals surface area contributed by atoms with Gasteiger partial charge in [0.1, 0.15) is 40.5 Å². The maximum absolute atomic E-state index is 12.0. The van der Waals surface area contributed by atoms with Crippen molar-refractivity contribution in [2.45, 2.75) is 19.6 Å². The summed E-state index contributed by atoms with van der Waals surface area (Å²) < 4.78 is 144. The second-order valence-electron chi connectivity index (χ2n) is 16.0. The zero-order valence-electron chi connectivity index (χ0n) is 36.2. The molecule has 0 aliphatic rings. The Morgan fingerprint density at radius 1 is 0.200 bits per heavy atom. The number of rotatable bonds is 12. The molecule has 16 heteroatoms. The van der Waals surface area contributed by atoms with Gasteiger partial charge >= 0.3 is 0 Å². The molecule has 70 heavy (non-hydrogen) atoms. The van der Waals surface area contributed by atoms with Gasteiger partial charge in [0.2, 0.25) is 0 Å². The van der Waals surface area contributed by atoms with Gasteiger partial charge in [0, 0.05) is 0 Å². The highest BCUT2D eigenvalue weighted by Crippen LogP contribution is 2.49. The molecule has 0 radical (unpaired) electrons. The highest BCUT2D eigenvalue weighted by Gasteiger charge is 2.23. The van der Waals surface area contributed by atoms with Crippen LogP contribution in [0.5, 0.6) is 0 Å². The first-order valence-corrected chi connectivity index (χ1v) is 26.7. The van der Waals surface area contributed by atoms with Crippen molar-refractivity contribution in [3.63, 3.8) is 0 Å². The lowest BCUT2D eigenvalue weighted by Gasteiger charge is -2.23. The standard InChI is InChI=1S/C54H38O12S4/c55-67(56,57)43-23-15-35(16-24-43)47-31-33-49(37-19-27-45(28-20-37)69(61,62)63)53(51(47)39-7-3-1-4-8-39)41-11-13-42(14-12-41)54-50(38-21-29-46(30-22-38)70(64,65)66)34-32-48(52(54)40-9-5-2-6-10-40)36-17-25-44(26-18-36)68(58,59)60/h1-34H,(H,55,56,57)(H,58,59,60)(H,61,62,63)(H,64,65,66)/p-4. The van der Waals surface area contributed by atoms with Crippen LogP contribution in [-0.4, -0.2) is 51.9 Å². The topological polar surface area (TPSA) is 229 Å². The van der Waals surface area contributed by atoms with Gasteiger partial charge in [-0.05, 0) is 138 Å². The molecular formula is C54H34O12S4-4. The van der Waals surface area contributed by atoms with Crippen molar-refractivity contribution < 1.29 is 51.9 Å². The Hall–Kier alpha value is -7.38. The average molecular weight is 1000 g/mol.